The van der Waals surface area contributed by atoms with E-state index in [1.807, 2.05) is 14.2 Å². The molecular weight excluding hydrogens is 252 g/mol. The van der Waals surface area contributed by atoms with Crippen LogP contribution in [0.2, 0.25) is 10.6 Å². The van der Waals surface area contributed by atoms with Crippen LogP contribution in [-0.4, -0.2) is 22.8 Å². The molecule has 3 heteroatoms. The maximum atomic E-state index is 6.26. The third-order valence-corrected chi connectivity index (χ3v) is 11.6. The Hall–Kier alpha value is 0.137. The lowest BCUT2D eigenvalue weighted by Crippen LogP contribution is -2.62. The fourth-order valence-corrected chi connectivity index (χ4v) is 10.7. The molecule has 0 aromatic carbocycles. The Kier molecular flexibility index (Phi) is 5.68. The predicted octanol–water partition coefficient (Wildman–Crippen LogP) is 4.98. The standard InChI is InChI=1S/C16H34O2Si/c1-12(2)15-10-9-11-16(13(3)4,14(5)6)19(15,17-7)18-8/h12-15H,9-11H2,1-8H3. The molecule has 0 spiro atoms. The van der Waals surface area contributed by atoms with Crippen LogP contribution in [0.3, 0.4) is 0 Å². The van der Waals surface area contributed by atoms with Crippen molar-refractivity contribution in [3.8, 4) is 0 Å². The zero-order chi connectivity index (χ0) is 14.8. The second kappa shape index (κ2) is 6.27. The first-order valence-electron chi connectivity index (χ1n) is 7.90. The number of rotatable bonds is 5. The lowest BCUT2D eigenvalue weighted by Gasteiger charge is -2.58. The van der Waals surface area contributed by atoms with Gasteiger partial charge in [-0.05, 0) is 30.6 Å². The van der Waals surface area contributed by atoms with Crippen molar-refractivity contribution in [3.63, 3.8) is 0 Å². The molecule has 1 unspecified atom stereocenters. The molecule has 0 saturated carbocycles. The maximum absolute atomic E-state index is 6.26. The van der Waals surface area contributed by atoms with E-state index >= 15 is 0 Å². The molecule has 0 bridgehead atoms. The molecule has 0 aromatic rings. The van der Waals surface area contributed by atoms with Crippen molar-refractivity contribution < 1.29 is 8.85 Å². The molecule has 1 aliphatic heterocycles. The van der Waals surface area contributed by atoms with Crippen molar-refractivity contribution in [2.24, 2.45) is 17.8 Å². The van der Waals surface area contributed by atoms with E-state index in [1.54, 1.807) is 0 Å². The highest BCUT2D eigenvalue weighted by Crippen LogP contribution is 2.64. The van der Waals surface area contributed by atoms with Crippen LogP contribution in [0.5, 0.6) is 0 Å². The van der Waals surface area contributed by atoms with Crippen LogP contribution in [0.15, 0.2) is 0 Å². The largest absolute Gasteiger partial charge is 0.397 e. The molecule has 114 valence electrons. The average Bonchev–Trinajstić information content (AvgIpc) is 2.36. The molecule has 0 amide bonds. The van der Waals surface area contributed by atoms with Crippen molar-refractivity contribution in [2.75, 3.05) is 14.2 Å². The maximum Gasteiger partial charge on any atom is 0.348 e. The van der Waals surface area contributed by atoms with Crippen LogP contribution in [0.4, 0.5) is 0 Å². The second-order valence-corrected chi connectivity index (χ2v) is 11.0. The van der Waals surface area contributed by atoms with E-state index in [-0.39, 0.29) is 5.04 Å². The van der Waals surface area contributed by atoms with Gasteiger partial charge in [0.05, 0.1) is 0 Å². The molecule has 0 aliphatic carbocycles. The van der Waals surface area contributed by atoms with Crippen LogP contribution < -0.4 is 0 Å². The van der Waals surface area contributed by atoms with Crippen LogP contribution in [-0.2, 0) is 8.85 Å². The van der Waals surface area contributed by atoms with E-state index in [0.717, 1.165) is 0 Å². The van der Waals surface area contributed by atoms with E-state index in [2.05, 4.69) is 41.5 Å². The summed E-state index contributed by atoms with van der Waals surface area (Å²) >= 11 is 0. The molecule has 1 fully saturated rings. The summed E-state index contributed by atoms with van der Waals surface area (Å²) in [6.45, 7) is 14.1. The van der Waals surface area contributed by atoms with Gasteiger partial charge in [-0.1, -0.05) is 48.0 Å². The van der Waals surface area contributed by atoms with Gasteiger partial charge in [-0.2, -0.15) is 0 Å². The Bertz CT molecular complexity index is 274. The molecule has 0 aromatic heterocycles. The zero-order valence-corrected chi connectivity index (χ0v) is 15.2. The normalized spacial score (nSPS) is 26.4. The third-order valence-electron chi connectivity index (χ3n) is 5.71. The molecular formula is C16H34O2Si. The zero-order valence-electron chi connectivity index (χ0n) is 14.2. The molecule has 1 aliphatic rings. The van der Waals surface area contributed by atoms with E-state index in [1.165, 1.54) is 19.3 Å². The third kappa shape index (κ3) is 2.42. The van der Waals surface area contributed by atoms with Gasteiger partial charge in [0.25, 0.3) is 0 Å². The fourth-order valence-electron chi connectivity index (χ4n) is 4.91. The lowest BCUT2D eigenvalue weighted by molar-refractivity contribution is 0.105. The van der Waals surface area contributed by atoms with E-state index in [4.69, 9.17) is 8.85 Å². The van der Waals surface area contributed by atoms with E-state index in [0.29, 0.717) is 23.3 Å². The second-order valence-electron chi connectivity index (χ2n) is 7.17. The van der Waals surface area contributed by atoms with Crippen LogP contribution in [0.1, 0.15) is 60.8 Å². The van der Waals surface area contributed by atoms with Crippen molar-refractivity contribution in [1.29, 1.82) is 0 Å². The lowest BCUT2D eigenvalue weighted by atomic mass is 9.79. The van der Waals surface area contributed by atoms with Gasteiger partial charge >= 0.3 is 8.56 Å². The van der Waals surface area contributed by atoms with Gasteiger partial charge in [0.1, 0.15) is 0 Å². The fraction of sp³-hybridized carbons (Fsp3) is 1.00. The highest BCUT2D eigenvalue weighted by Gasteiger charge is 2.65. The van der Waals surface area contributed by atoms with E-state index < -0.39 is 8.56 Å². The number of hydrogen-bond donors (Lipinski definition) is 0. The summed E-state index contributed by atoms with van der Waals surface area (Å²) in [7, 11) is 1.57. The summed E-state index contributed by atoms with van der Waals surface area (Å²) in [4.78, 5) is 0. The van der Waals surface area contributed by atoms with Crippen molar-refractivity contribution in [1.82, 2.24) is 0 Å². The average molecular weight is 287 g/mol. The first-order chi connectivity index (χ1) is 8.80. The number of hydrogen-bond acceptors (Lipinski definition) is 2. The van der Waals surface area contributed by atoms with Crippen LogP contribution in [0, 0.1) is 17.8 Å². The van der Waals surface area contributed by atoms with Gasteiger partial charge in [-0.15, -0.1) is 0 Å². The molecule has 1 saturated heterocycles. The van der Waals surface area contributed by atoms with Gasteiger partial charge in [0.15, 0.2) is 0 Å². The summed E-state index contributed by atoms with van der Waals surface area (Å²) in [6.07, 6.45) is 3.85. The quantitative estimate of drug-likeness (QED) is 0.663. The highest BCUT2D eigenvalue weighted by atomic mass is 28.4. The van der Waals surface area contributed by atoms with Crippen molar-refractivity contribution in [2.45, 2.75) is 71.4 Å². The highest BCUT2D eigenvalue weighted by molar-refractivity contribution is 6.72. The van der Waals surface area contributed by atoms with Crippen molar-refractivity contribution in [3.05, 3.63) is 0 Å². The Morgan fingerprint density at radius 2 is 1.42 bits per heavy atom. The molecule has 0 radical (unpaired) electrons. The first kappa shape index (κ1) is 17.2. The SMILES string of the molecule is CO[Si]1(OC)C(C(C)C)CCCC1(C(C)C)C(C)C. The van der Waals surface area contributed by atoms with Gasteiger partial charge in [-0.3, -0.25) is 0 Å². The minimum atomic E-state index is -2.23. The molecule has 1 atom stereocenters. The summed E-state index contributed by atoms with van der Waals surface area (Å²) in [6, 6.07) is 0. The van der Waals surface area contributed by atoms with E-state index in [9.17, 15) is 0 Å². The van der Waals surface area contributed by atoms with Gasteiger partial charge in [0, 0.05) is 24.8 Å². The summed E-state index contributed by atoms with van der Waals surface area (Å²) < 4.78 is 12.5. The van der Waals surface area contributed by atoms with Crippen LogP contribution in [0.25, 0.3) is 0 Å². The molecule has 0 N–H and O–H groups in total. The molecule has 1 heterocycles. The molecule has 1 rings (SSSR count). The predicted molar refractivity (Wildman–Crippen MR) is 84.6 cm³/mol. The topological polar surface area (TPSA) is 18.5 Å². The smallest absolute Gasteiger partial charge is 0.348 e. The van der Waals surface area contributed by atoms with Crippen LogP contribution >= 0.6 is 0 Å². The Balaban J connectivity index is 3.41. The minimum Gasteiger partial charge on any atom is -0.397 e. The minimum absolute atomic E-state index is 0.240. The monoisotopic (exact) mass is 286 g/mol. The molecule has 19 heavy (non-hydrogen) atoms. The van der Waals surface area contributed by atoms with Crippen molar-refractivity contribution >= 4 is 8.56 Å². The summed E-state index contributed by atoms with van der Waals surface area (Å²) in [5.41, 5.74) is 0.612. The summed E-state index contributed by atoms with van der Waals surface area (Å²) in [5.74, 6) is 1.87. The van der Waals surface area contributed by atoms with Gasteiger partial charge in [0.2, 0.25) is 0 Å². The molecule has 2 nitrogen and oxygen atoms in total. The van der Waals surface area contributed by atoms with Gasteiger partial charge < -0.3 is 8.85 Å². The Morgan fingerprint density at radius 3 is 1.74 bits per heavy atom. The Labute approximate surface area is 121 Å². The Morgan fingerprint density at radius 1 is 0.947 bits per heavy atom. The van der Waals surface area contributed by atoms with Gasteiger partial charge in [-0.25, -0.2) is 0 Å². The summed E-state index contributed by atoms with van der Waals surface area (Å²) in [5, 5.41) is 0.240. The first-order valence-corrected chi connectivity index (χ1v) is 9.79.